The van der Waals surface area contributed by atoms with Gasteiger partial charge in [-0.3, -0.25) is 9.69 Å². The fraction of sp³-hybridized carbons (Fsp3) is 0.562. The fourth-order valence-corrected chi connectivity index (χ4v) is 2.69. The lowest BCUT2D eigenvalue weighted by Crippen LogP contribution is -2.54. The largest absolute Gasteiger partial charge is 0.314 e. The summed E-state index contributed by atoms with van der Waals surface area (Å²) in [5, 5.41) is 3.35. The van der Waals surface area contributed by atoms with Gasteiger partial charge >= 0.3 is 0 Å². The third-order valence-corrected chi connectivity index (χ3v) is 3.80. The van der Waals surface area contributed by atoms with E-state index in [0.717, 1.165) is 25.3 Å². The molecule has 1 fully saturated rings. The lowest BCUT2D eigenvalue weighted by Gasteiger charge is -2.36. The van der Waals surface area contributed by atoms with Crippen molar-refractivity contribution >= 4 is 11.6 Å². The lowest BCUT2D eigenvalue weighted by molar-refractivity contribution is -0.120. The maximum atomic E-state index is 12.7. The maximum absolute atomic E-state index is 12.7. The minimum absolute atomic E-state index is 0.170. The van der Waals surface area contributed by atoms with E-state index in [1.165, 1.54) is 0 Å². The predicted octanol–water partition coefficient (Wildman–Crippen LogP) is 1.72. The van der Waals surface area contributed by atoms with E-state index < -0.39 is 0 Å². The van der Waals surface area contributed by atoms with Gasteiger partial charge in [0.25, 0.3) is 0 Å². The summed E-state index contributed by atoms with van der Waals surface area (Å²) in [4.78, 5) is 16.8. The minimum atomic E-state index is 0.170. The van der Waals surface area contributed by atoms with Crippen LogP contribution in [0.3, 0.4) is 0 Å². The van der Waals surface area contributed by atoms with Gasteiger partial charge in [0.1, 0.15) is 0 Å². The Labute approximate surface area is 121 Å². The average molecular weight is 275 g/mol. The number of nitrogens with one attached hydrogen (secondary N) is 1. The Morgan fingerprint density at radius 3 is 2.70 bits per heavy atom. The predicted molar refractivity (Wildman–Crippen MR) is 83.0 cm³/mol. The van der Waals surface area contributed by atoms with Crippen molar-refractivity contribution < 1.29 is 4.79 Å². The highest BCUT2D eigenvalue weighted by Gasteiger charge is 2.25. The van der Waals surface area contributed by atoms with Crippen LogP contribution in [0.25, 0.3) is 0 Å². The smallest absolute Gasteiger partial charge is 0.241 e. The maximum Gasteiger partial charge on any atom is 0.241 e. The molecule has 1 saturated heterocycles. The summed E-state index contributed by atoms with van der Waals surface area (Å²) in [7, 11) is 0. The second kappa shape index (κ2) is 6.86. The van der Waals surface area contributed by atoms with E-state index in [1.807, 2.05) is 35.2 Å². The highest BCUT2D eigenvalue weighted by atomic mass is 16.2. The van der Waals surface area contributed by atoms with Crippen LogP contribution in [0, 0.1) is 0 Å². The van der Waals surface area contributed by atoms with Crippen LogP contribution in [0.5, 0.6) is 0 Å². The molecule has 1 aromatic carbocycles. The number of nitrogens with zero attached hydrogens (tertiary/aromatic N) is 2. The van der Waals surface area contributed by atoms with Gasteiger partial charge in [-0.05, 0) is 32.9 Å². The second-order valence-electron chi connectivity index (χ2n) is 5.72. The van der Waals surface area contributed by atoms with Crippen LogP contribution < -0.4 is 10.2 Å². The Morgan fingerprint density at radius 1 is 1.40 bits per heavy atom. The molecule has 20 heavy (non-hydrogen) atoms. The molecule has 0 aromatic heterocycles. The van der Waals surface area contributed by atoms with E-state index in [0.29, 0.717) is 12.6 Å². The normalized spacial score (nSPS) is 20.1. The number of anilines is 1. The Kier molecular flexibility index (Phi) is 5.15. The molecule has 0 aliphatic carbocycles. The van der Waals surface area contributed by atoms with Gasteiger partial charge in [-0.1, -0.05) is 18.2 Å². The van der Waals surface area contributed by atoms with Crippen molar-refractivity contribution in [2.24, 2.45) is 0 Å². The third-order valence-electron chi connectivity index (χ3n) is 3.80. The Bertz CT molecular complexity index is 433. The molecule has 1 N–H and O–H groups in total. The molecule has 2 rings (SSSR count). The number of hydrogen-bond donors (Lipinski definition) is 1. The van der Waals surface area contributed by atoms with Crippen molar-refractivity contribution in [2.45, 2.75) is 32.9 Å². The number of carbonyl (C=O) groups is 1. The van der Waals surface area contributed by atoms with Crippen molar-refractivity contribution in [3.05, 3.63) is 30.3 Å². The number of piperazine rings is 1. The highest BCUT2D eigenvalue weighted by Crippen LogP contribution is 2.17. The van der Waals surface area contributed by atoms with Crippen LogP contribution in [0.2, 0.25) is 0 Å². The first-order valence-electron chi connectivity index (χ1n) is 7.41. The van der Waals surface area contributed by atoms with Crippen LogP contribution in [-0.4, -0.2) is 49.1 Å². The van der Waals surface area contributed by atoms with Gasteiger partial charge in [0.05, 0.1) is 6.54 Å². The summed E-state index contributed by atoms with van der Waals surface area (Å²) < 4.78 is 0. The summed E-state index contributed by atoms with van der Waals surface area (Å²) in [6.07, 6.45) is 0. The second-order valence-corrected chi connectivity index (χ2v) is 5.72. The van der Waals surface area contributed by atoms with E-state index in [9.17, 15) is 4.79 Å². The van der Waals surface area contributed by atoms with Crippen molar-refractivity contribution in [1.82, 2.24) is 10.2 Å². The highest BCUT2D eigenvalue weighted by molar-refractivity contribution is 5.95. The molecule has 0 bridgehead atoms. The van der Waals surface area contributed by atoms with E-state index in [-0.39, 0.29) is 11.9 Å². The van der Waals surface area contributed by atoms with Gasteiger partial charge in [-0.15, -0.1) is 0 Å². The molecular weight excluding hydrogens is 250 g/mol. The minimum Gasteiger partial charge on any atom is -0.314 e. The average Bonchev–Trinajstić information content (AvgIpc) is 2.42. The molecule has 1 aromatic rings. The molecule has 1 atom stereocenters. The van der Waals surface area contributed by atoms with E-state index in [4.69, 9.17) is 0 Å². The van der Waals surface area contributed by atoms with Gasteiger partial charge in [0.15, 0.2) is 0 Å². The fourth-order valence-electron chi connectivity index (χ4n) is 2.69. The Balaban J connectivity index is 2.08. The van der Waals surface area contributed by atoms with E-state index in [1.54, 1.807) is 0 Å². The summed E-state index contributed by atoms with van der Waals surface area (Å²) in [6.45, 7) is 9.65. The molecule has 0 radical (unpaired) electrons. The van der Waals surface area contributed by atoms with Crippen LogP contribution in [0.15, 0.2) is 30.3 Å². The molecule has 4 nitrogen and oxygen atoms in total. The summed E-state index contributed by atoms with van der Waals surface area (Å²) in [6, 6.07) is 10.5. The molecule has 1 amide bonds. The van der Waals surface area contributed by atoms with Gasteiger partial charge in [-0.25, -0.2) is 0 Å². The van der Waals surface area contributed by atoms with Crippen molar-refractivity contribution in [3.63, 3.8) is 0 Å². The molecule has 1 aliphatic rings. The number of rotatable bonds is 4. The first kappa shape index (κ1) is 15.0. The Morgan fingerprint density at radius 2 is 2.10 bits per heavy atom. The molecule has 1 aliphatic heterocycles. The monoisotopic (exact) mass is 275 g/mol. The van der Waals surface area contributed by atoms with Crippen molar-refractivity contribution in [3.8, 4) is 0 Å². The third kappa shape index (κ3) is 3.58. The SMILES string of the molecule is CC(C)N(C(=O)CN1CCNC[C@H]1C)c1ccccc1. The van der Waals surface area contributed by atoms with Crippen molar-refractivity contribution in [1.29, 1.82) is 0 Å². The molecule has 0 unspecified atom stereocenters. The zero-order valence-corrected chi connectivity index (χ0v) is 12.7. The summed E-state index contributed by atoms with van der Waals surface area (Å²) in [5.74, 6) is 0.181. The van der Waals surface area contributed by atoms with E-state index >= 15 is 0 Å². The van der Waals surface area contributed by atoms with Crippen LogP contribution in [-0.2, 0) is 4.79 Å². The van der Waals surface area contributed by atoms with Crippen LogP contribution >= 0.6 is 0 Å². The topological polar surface area (TPSA) is 35.6 Å². The summed E-state index contributed by atoms with van der Waals surface area (Å²) in [5.41, 5.74) is 0.982. The first-order chi connectivity index (χ1) is 9.59. The van der Waals surface area contributed by atoms with Crippen LogP contribution in [0.4, 0.5) is 5.69 Å². The molecule has 1 heterocycles. The standard InChI is InChI=1S/C16H25N3O/c1-13(2)19(15-7-5-4-6-8-15)16(20)12-18-10-9-17-11-14(18)3/h4-8,13-14,17H,9-12H2,1-3H3/t14-/m1/s1. The quantitative estimate of drug-likeness (QED) is 0.909. The van der Waals surface area contributed by atoms with Gasteiger partial charge < -0.3 is 10.2 Å². The molecule has 0 saturated carbocycles. The van der Waals surface area contributed by atoms with Crippen molar-refractivity contribution in [2.75, 3.05) is 31.1 Å². The number of hydrogen-bond acceptors (Lipinski definition) is 3. The number of para-hydroxylation sites is 1. The lowest BCUT2D eigenvalue weighted by atomic mass is 10.2. The van der Waals surface area contributed by atoms with Gasteiger partial charge in [0.2, 0.25) is 5.91 Å². The van der Waals surface area contributed by atoms with Crippen LogP contribution in [0.1, 0.15) is 20.8 Å². The van der Waals surface area contributed by atoms with Gasteiger partial charge in [-0.2, -0.15) is 0 Å². The first-order valence-corrected chi connectivity index (χ1v) is 7.41. The molecular formula is C16H25N3O. The van der Waals surface area contributed by atoms with Gasteiger partial charge in [0, 0.05) is 37.4 Å². The number of carbonyl (C=O) groups excluding carboxylic acids is 1. The zero-order valence-electron chi connectivity index (χ0n) is 12.7. The number of benzene rings is 1. The summed E-state index contributed by atoms with van der Waals surface area (Å²) >= 11 is 0. The molecule has 4 heteroatoms. The molecule has 110 valence electrons. The number of amides is 1. The molecule has 0 spiro atoms. The Hall–Kier alpha value is -1.39. The zero-order chi connectivity index (χ0) is 14.5. The van der Waals surface area contributed by atoms with E-state index in [2.05, 4.69) is 31.0 Å².